The van der Waals surface area contributed by atoms with Gasteiger partial charge in [-0.25, -0.2) is 15.0 Å². The number of hydrogen-bond donors (Lipinski definition) is 4. The molecule has 4 aromatic heterocycles. The molecule has 374 valence electrons. The Kier molecular flexibility index (Phi) is 13.7. The van der Waals surface area contributed by atoms with Gasteiger partial charge in [0.2, 0.25) is 29.5 Å². The van der Waals surface area contributed by atoms with E-state index in [9.17, 15) is 24.0 Å². The molecule has 2 aliphatic rings. The third kappa shape index (κ3) is 9.77. The van der Waals surface area contributed by atoms with Gasteiger partial charge in [-0.1, -0.05) is 45.0 Å². The zero-order valence-corrected chi connectivity index (χ0v) is 41.2. The van der Waals surface area contributed by atoms with Crippen molar-refractivity contribution in [2.24, 2.45) is 27.5 Å². The molecule has 0 atom stereocenters. The summed E-state index contributed by atoms with van der Waals surface area (Å²) in [6.45, 7) is 15.8. The summed E-state index contributed by atoms with van der Waals surface area (Å²) in [7, 11) is 0. The lowest BCUT2D eigenvalue weighted by Gasteiger charge is -2.49. The van der Waals surface area contributed by atoms with E-state index in [1.807, 2.05) is 32.9 Å². The maximum atomic E-state index is 14.0. The van der Waals surface area contributed by atoms with Crippen LogP contribution in [0.3, 0.4) is 0 Å². The molecule has 71 heavy (non-hydrogen) atoms. The average molecular weight is 974 g/mol. The van der Waals surface area contributed by atoms with Crippen molar-refractivity contribution in [3.8, 4) is 11.5 Å². The number of rotatable bonds is 14. The van der Waals surface area contributed by atoms with Crippen molar-refractivity contribution in [3.05, 3.63) is 82.3 Å². The van der Waals surface area contributed by atoms with Crippen LogP contribution in [-0.4, -0.2) is 107 Å². The van der Waals surface area contributed by atoms with Gasteiger partial charge in [-0.05, 0) is 70.4 Å². The summed E-state index contributed by atoms with van der Waals surface area (Å²) in [6.07, 6.45) is 5.78. The number of anilines is 2. The van der Waals surface area contributed by atoms with E-state index in [2.05, 4.69) is 46.6 Å². The van der Waals surface area contributed by atoms with Gasteiger partial charge in [0.05, 0.1) is 33.5 Å². The van der Waals surface area contributed by atoms with Crippen molar-refractivity contribution in [3.63, 3.8) is 0 Å². The number of carbonyl (C=O) groups excluding carboxylic acids is 5. The van der Waals surface area contributed by atoms with Crippen LogP contribution in [0.25, 0.3) is 22.1 Å². The second-order valence-electron chi connectivity index (χ2n) is 18.3. The van der Waals surface area contributed by atoms with E-state index in [1.54, 1.807) is 38.6 Å². The van der Waals surface area contributed by atoms with E-state index in [0.717, 1.165) is 18.6 Å². The topological polar surface area (TPSA) is 284 Å². The summed E-state index contributed by atoms with van der Waals surface area (Å²) in [5.41, 5.74) is 14.5. The fraction of sp³-hybridized carbons (Fsp3) is 0.429. The maximum Gasteiger partial charge on any atom is 0.295 e. The first-order chi connectivity index (χ1) is 33.9. The van der Waals surface area contributed by atoms with Crippen LogP contribution < -0.4 is 31.6 Å². The lowest BCUT2D eigenvalue weighted by molar-refractivity contribution is -0.153. The van der Waals surface area contributed by atoms with Gasteiger partial charge in [0.15, 0.2) is 12.5 Å². The number of primary amides is 2. The number of hydrogen-bond acceptors (Lipinski definition) is 14. The molecule has 1 fully saturated rings. The highest BCUT2D eigenvalue weighted by molar-refractivity contribution is 6.05. The number of oxazole rings is 1. The van der Waals surface area contributed by atoms with Crippen molar-refractivity contribution in [1.29, 1.82) is 0 Å². The van der Waals surface area contributed by atoms with E-state index in [-0.39, 0.29) is 103 Å². The molecule has 6 heterocycles. The normalized spacial score (nSPS) is 15.3. The van der Waals surface area contributed by atoms with Gasteiger partial charge in [-0.3, -0.25) is 39.3 Å². The van der Waals surface area contributed by atoms with Crippen LogP contribution in [0.1, 0.15) is 113 Å². The Bertz CT molecular complexity index is 2970. The fourth-order valence-corrected chi connectivity index (χ4v) is 8.82. The van der Waals surface area contributed by atoms with Crippen molar-refractivity contribution in [2.75, 3.05) is 43.5 Å². The van der Waals surface area contributed by atoms with Crippen LogP contribution in [0.5, 0.6) is 11.5 Å². The quantitative estimate of drug-likeness (QED) is 0.0593. The van der Waals surface area contributed by atoms with Gasteiger partial charge in [-0.2, -0.15) is 5.10 Å². The monoisotopic (exact) mass is 973 g/mol. The number of benzene rings is 2. The van der Waals surface area contributed by atoms with Gasteiger partial charge in [0.1, 0.15) is 41.4 Å². The Hall–Kier alpha value is -8.04. The minimum Gasteiger partial charge on any atom is -0.490 e. The number of nitrogens with two attached hydrogens (primary N) is 2. The van der Waals surface area contributed by atoms with Gasteiger partial charge in [0.25, 0.3) is 17.7 Å². The van der Waals surface area contributed by atoms with E-state index >= 15 is 0 Å². The van der Waals surface area contributed by atoms with Crippen LogP contribution >= 0.6 is 0 Å². The number of likely N-dealkylation sites (tertiary alicyclic amines) is 1. The summed E-state index contributed by atoms with van der Waals surface area (Å²) in [5.74, 6) is -1.84. The molecule has 0 unspecified atom stereocenters. The van der Waals surface area contributed by atoms with Crippen LogP contribution in [0.4, 0.5) is 11.9 Å². The summed E-state index contributed by atoms with van der Waals surface area (Å²) >= 11 is 0. The molecule has 1 spiro atoms. The standard InChI is InChI=1S/C49H59N13O9/c1-9-32-41(71-29(7)52-32)45(67)56-47-54-34-19-31(43(51)65)21-37-40(34)61(47)16-14-13-15-60-39-33(53-46(60)55-44(66)35-17-27(5)57-62(35)12-4)18-30(42(50)64)20-36(39)68-25-49(26-69-37)23-59(24-49)38(63)22-70-58-28(6)48(8,10-2)11-3/h13-14,17-21H,9-12,15-16,22-26H2,1-8H3,(H2,50,64)(H2,51,65)(H,53,55,66)(H,54,56,67)/b14-13+,58-28+. The third-order valence-corrected chi connectivity index (χ3v) is 13.5. The maximum absolute atomic E-state index is 14.0. The largest absolute Gasteiger partial charge is 0.490 e. The second-order valence-corrected chi connectivity index (χ2v) is 18.3. The molecule has 0 aliphatic carbocycles. The Balaban J connectivity index is 1.23. The molecule has 5 amide bonds. The zero-order chi connectivity index (χ0) is 50.9. The number of carbonyl (C=O) groups is 5. The minimum absolute atomic E-state index is 0.0274. The molecule has 8 rings (SSSR count). The molecular weight excluding hydrogens is 915 g/mol. The Morgan fingerprint density at radius 1 is 0.803 bits per heavy atom. The molecule has 0 bridgehead atoms. The molecule has 22 nitrogen and oxygen atoms in total. The Labute approximate surface area is 408 Å². The minimum atomic E-state index is -0.915. The number of aryl methyl sites for hydroxylation is 4. The highest BCUT2D eigenvalue weighted by atomic mass is 16.6. The number of aromatic nitrogens is 7. The van der Waals surface area contributed by atoms with Crippen LogP contribution in [0, 0.1) is 24.7 Å². The Morgan fingerprint density at radius 2 is 1.35 bits per heavy atom. The van der Waals surface area contributed by atoms with Crippen molar-refractivity contribution in [1.82, 2.24) is 38.8 Å². The smallest absolute Gasteiger partial charge is 0.295 e. The van der Waals surface area contributed by atoms with Crippen molar-refractivity contribution >= 4 is 69.2 Å². The molecule has 1 saturated heterocycles. The zero-order valence-electron chi connectivity index (χ0n) is 41.2. The van der Waals surface area contributed by atoms with Crippen LogP contribution in [-0.2, 0) is 35.7 Å². The number of ether oxygens (including phenoxy) is 2. The highest BCUT2D eigenvalue weighted by Gasteiger charge is 2.47. The average Bonchev–Trinajstić information content (AvgIpc) is 4.10. The summed E-state index contributed by atoms with van der Waals surface area (Å²) in [5, 5.41) is 14.6. The number of oxime groups is 1. The van der Waals surface area contributed by atoms with E-state index in [1.165, 1.54) is 24.3 Å². The summed E-state index contributed by atoms with van der Waals surface area (Å²) < 4.78 is 24.1. The lowest BCUT2D eigenvalue weighted by atomic mass is 9.81. The predicted octanol–water partition coefficient (Wildman–Crippen LogP) is 5.55. The van der Waals surface area contributed by atoms with Gasteiger partial charge in [-0.15, -0.1) is 0 Å². The first-order valence-electron chi connectivity index (χ1n) is 23.6. The third-order valence-electron chi connectivity index (χ3n) is 13.5. The number of amides is 5. The molecular formula is C49H59N13O9. The van der Waals surface area contributed by atoms with Crippen LogP contribution in [0.2, 0.25) is 0 Å². The predicted molar refractivity (Wildman–Crippen MR) is 263 cm³/mol. The van der Waals surface area contributed by atoms with Gasteiger partial charge >= 0.3 is 0 Å². The van der Waals surface area contributed by atoms with E-state index in [4.69, 9.17) is 40.2 Å². The van der Waals surface area contributed by atoms with Gasteiger partial charge < -0.3 is 44.2 Å². The first kappa shape index (κ1) is 49.4. The first-order valence-corrected chi connectivity index (χ1v) is 23.6. The Morgan fingerprint density at radius 3 is 1.86 bits per heavy atom. The second kappa shape index (κ2) is 19.8. The van der Waals surface area contributed by atoms with Crippen LogP contribution in [0.15, 0.2) is 52.1 Å². The molecule has 6 aromatic rings. The molecule has 2 aromatic carbocycles. The van der Waals surface area contributed by atoms with Crippen molar-refractivity contribution < 1.29 is 42.7 Å². The summed E-state index contributed by atoms with van der Waals surface area (Å²) in [4.78, 5) is 88.3. The molecule has 22 heteroatoms. The SMILES string of the molecule is CCc1nc(C)oc1C(=O)Nc1nc2cc(C(N)=O)cc3c2n1C/C=C/Cn1c(NC(=O)c2cc(C)nn2CC)nc2cc(C(N)=O)cc(c21)OCC1(CO3)CN(C(=O)CO/N=C(\C)C(C)(CC)CC)C1. The molecule has 2 aliphatic heterocycles. The molecule has 6 N–H and O–H groups in total. The lowest BCUT2D eigenvalue weighted by Crippen LogP contribution is -2.64. The number of nitrogens with one attached hydrogen (secondary N) is 2. The number of allylic oxidation sites excluding steroid dienone is 2. The fourth-order valence-electron chi connectivity index (χ4n) is 8.82. The summed E-state index contributed by atoms with van der Waals surface area (Å²) in [6, 6.07) is 7.73. The molecule has 0 radical (unpaired) electrons. The van der Waals surface area contributed by atoms with Crippen molar-refractivity contribution in [2.45, 2.75) is 94.3 Å². The number of nitrogens with zero attached hydrogens (tertiary/aromatic N) is 9. The van der Waals surface area contributed by atoms with Gasteiger partial charge in [0, 0.05) is 56.2 Å². The van der Waals surface area contributed by atoms with E-state index < -0.39 is 29.0 Å². The van der Waals surface area contributed by atoms with E-state index in [0.29, 0.717) is 52.5 Å². The molecule has 0 saturated carbocycles. The highest BCUT2D eigenvalue weighted by Crippen LogP contribution is 2.39. The number of imidazole rings is 2.